The Bertz CT molecular complexity index is 186. The molecule has 0 N–H and O–H groups in total. The van der Waals surface area contributed by atoms with Crippen molar-refractivity contribution >= 4 is 19.7 Å². The first kappa shape index (κ1) is 12.5. The molecule has 0 radical (unpaired) electrons. The fourth-order valence-electron chi connectivity index (χ4n) is 2.38. The number of rotatable bonds is 3. The van der Waals surface area contributed by atoms with Crippen LogP contribution in [0.15, 0.2) is 0 Å². The Labute approximate surface area is 94.2 Å². The van der Waals surface area contributed by atoms with E-state index < -0.39 is 8.07 Å². The van der Waals surface area contributed by atoms with Gasteiger partial charge >= 0.3 is 0 Å². The summed E-state index contributed by atoms with van der Waals surface area (Å²) in [6.07, 6.45) is 4.48. The second-order valence-corrected chi connectivity index (χ2v) is 11.5. The highest BCUT2D eigenvalue weighted by molar-refractivity contribution is 6.79. The highest BCUT2D eigenvalue weighted by Crippen LogP contribution is 2.39. The normalized spacial score (nSPS) is 34.5. The quantitative estimate of drug-likeness (QED) is 0.533. The average molecular weight is 235 g/mol. The molecule has 1 aliphatic heterocycles. The van der Waals surface area contributed by atoms with Crippen molar-refractivity contribution in [2.24, 2.45) is 0 Å². The maximum atomic E-state index is 6.28. The fraction of sp³-hybridized carbons (Fsp3) is 1.00. The molecule has 3 heteroatoms. The average Bonchev–Trinajstić information content (AvgIpc) is 2.02. The van der Waals surface area contributed by atoms with E-state index in [4.69, 9.17) is 16.3 Å². The molecule has 0 aromatic rings. The Morgan fingerprint density at radius 3 is 2.50 bits per heavy atom. The molecule has 14 heavy (non-hydrogen) atoms. The van der Waals surface area contributed by atoms with E-state index >= 15 is 0 Å². The number of ether oxygens (including phenoxy) is 1. The van der Waals surface area contributed by atoms with Crippen molar-refractivity contribution < 1.29 is 4.74 Å². The van der Waals surface area contributed by atoms with Crippen molar-refractivity contribution in [2.75, 3.05) is 6.61 Å². The summed E-state index contributed by atoms with van der Waals surface area (Å²) in [5.41, 5.74) is 0. The maximum absolute atomic E-state index is 6.28. The Morgan fingerprint density at radius 1 is 1.43 bits per heavy atom. The molecule has 1 rings (SSSR count). The Kier molecular flexibility index (Phi) is 4.07. The van der Waals surface area contributed by atoms with Crippen LogP contribution in [-0.4, -0.2) is 25.3 Å². The smallest absolute Gasteiger partial charge is 0.0825 e. The third-order valence-corrected chi connectivity index (χ3v) is 7.09. The van der Waals surface area contributed by atoms with E-state index in [1.54, 1.807) is 0 Å². The van der Waals surface area contributed by atoms with Gasteiger partial charge in [-0.3, -0.25) is 0 Å². The third kappa shape index (κ3) is 2.53. The molecule has 2 atom stereocenters. The Morgan fingerprint density at radius 2 is 2.07 bits per heavy atom. The van der Waals surface area contributed by atoms with Gasteiger partial charge in [0.15, 0.2) is 0 Å². The molecule has 1 saturated heterocycles. The first-order chi connectivity index (χ1) is 6.41. The van der Waals surface area contributed by atoms with Gasteiger partial charge in [-0.2, -0.15) is 0 Å². The van der Waals surface area contributed by atoms with Crippen LogP contribution < -0.4 is 0 Å². The number of hydrogen-bond donors (Lipinski definition) is 0. The van der Waals surface area contributed by atoms with Crippen molar-refractivity contribution in [2.45, 2.75) is 62.8 Å². The van der Waals surface area contributed by atoms with Crippen molar-refractivity contribution in [1.29, 1.82) is 0 Å². The molecule has 0 saturated carbocycles. The van der Waals surface area contributed by atoms with Crippen LogP contribution in [0, 0.1) is 0 Å². The van der Waals surface area contributed by atoms with Crippen molar-refractivity contribution in [3.63, 3.8) is 0 Å². The molecule has 0 amide bonds. The highest BCUT2D eigenvalue weighted by Gasteiger charge is 2.46. The lowest BCUT2D eigenvalue weighted by molar-refractivity contribution is -0.0296. The van der Waals surface area contributed by atoms with Gasteiger partial charge in [0.2, 0.25) is 0 Å². The fourth-order valence-corrected chi connectivity index (χ4v) is 5.24. The molecule has 0 bridgehead atoms. The number of alkyl halides is 1. The summed E-state index contributed by atoms with van der Waals surface area (Å²) in [6.45, 7) is 10.3. The minimum atomic E-state index is -1.28. The molecule has 0 spiro atoms. The van der Waals surface area contributed by atoms with Gasteiger partial charge < -0.3 is 4.74 Å². The van der Waals surface area contributed by atoms with Crippen LogP contribution in [0.1, 0.15) is 32.6 Å². The summed E-state index contributed by atoms with van der Waals surface area (Å²) in [6, 6.07) is 0. The van der Waals surface area contributed by atoms with Crippen LogP contribution in [0.4, 0.5) is 0 Å². The van der Waals surface area contributed by atoms with Crippen LogP contribution in [0.25, 0.3) is 0 Å². The molecule has 1 aliphatic rings. The zero-order valence-electron chi connectivity index (χ0n) is 9.90. The van der Waals surface area contributed by atoms with Gasteiger partial charge in [-0.1, -0.05) is 33.0 Å². The lowest BCUT2D eigenvalue weighted by Crippen LogP contribution is -2.57. The molecular weight excluding hydrogens is 212 g/mol. The number of halogens is 1. The third-order valence-electron chi connectivity index (χ3n) is 3.38. The minimum absolute atomic E-state index is 0.145. The van der Waals surface area contributed by atoms with Crippen LogP contribution in [-0.2, 0) is 4.74 Å². The van der Waals surface area contributed by atoms with Gasteiger partial charge in [-0.05, 0) is 19.3 Å². The summed E-state index contributed by atoms with van der Waals surface area (Å²) in [5.74, 6) is 0. The van der Waals surface area contributed by atoms with Gasteiger partial charge in [-0.15, -0.1) is 11.6 Å². The molecule has 2 unspecified atom stereocenters. The van der Waals surface area contributed by atoms with E-state index in [1.807, 2.05) is 0 Å². The van der Waals surface area contributed by atoms with E-state index in [1.165, 1.54) is 12.8 Å². The largest absolute Gasteiger partial charge is 0.378 e. The molecule has 84 valence electrons. The van der Waals surface area contributed by atoms with Gasteiger partial charge in [0.05, 0.1) is 13.3 Å². The molecular formula is C11H23ClOSi. The van der Waals surface area contributed by atoms with Gasteiger partial charge in [0.1, 0.15) is 0 Å². The van der Waals surface area contributed by atoms with Gasteiger partial charge in [0, 0.05) is 12.0 Å². The first-order valence-corrected chi connectivity index (χ1v) is 9.63. The molecule has 0 aromatic carbocycles. The summed E-state index contributed by atoms with van der Waals surface area (Å²) in [5, 5.41) is 0.480. The Balaban J connectivity index is 2.80. The van der Waals surface area contributed by atoms with E-state index in [-0.39, 0.29) is 5.22 Å². The van der Waals surface area contributed by atoms with E-state index in [2.05, 4.69) is 26.6 Å². The SMILES string of the molecule is CCCC1([Si](C)(C)C)CC(Cl)CCO1. The van der Waals surface area contributed by atoms with Crippen molar-refractivity contribution in [3.05, 3.63) is 0 Å². The van der Waals surface area contributed by atoms with Crippen LogP contribution in [0.2, 0.25) is 19.6 Å². The van der Waals surface area contributed by atoms with Crippen LogP contribution in [0.5, 0.6) is 0 Å². The zero-order chi connectivity index (χ0) is 10.8. The standard InChI is InChI=1S/C11H23ClOSi/c1-5-7-11(14(2,3)4)9-10(12)6-8-13-11/h10H,5-9H2,1-4H3. The molecule has 0 aromatic heterocycles. The lowest BCUT2D eigenvalue weighted by atomic mass is 10.0. The summed E-state index contributed by atoms with van der Waals surface area (Å²) in [4.78, 5) is 0. The number of hydrogen-bond acceptors (Lipinski definition) is 1. The van der Waals surface area contributed by atoms with Gasteiger partial charge in [0.25, 0.3) is 0 Å². The topological polar surface area (TPSA) is 9.23 Å². The second kappa shape index (κ2) is 4.54. The highest BCUT2D eigenvalue weighted by atomic mass is 35.5. The van der Waals surface area contributed by atoms with Gasteiger partial charge in [-0.25, -0.2) is 0 Å². The second-order valence-electron chi connectivity index (χ2n) is 5.43. The van der Waals surface area contributed by atoms with E-state index in [0.717, 1.165) is 19.4 Å². The molecule has 1 fully saturated rings. The van der Waals surface area contributed by atoms with Crippen molar-refractivity contribution in [1.82, 2.24) is 0 Å². The van der Waals surface area contributed by atoms with E-state index in [0.29, 0.717) is 5.38 Å². The minimum Gasteiger partial charge on any atom is -0.378 e. The Hall–Kier alpha value is 0.467. The monoisotopic (exact) mass is 234 g/mol. The lowest BCUT2D eigenvalue weighted by Gasteiger charge is -2.47. The van der Waals surface area contributed by atoms with Crippen LogP contribution in [0.3, 0.4) is 0 Å². The van der Waals surface area contributed by atoms with Crippen LogP contribution >= 0.6 is 11.6 Å². The molecule has 1 nitrogen and oxygen atoms in total. The predicted octanol–water partition coefficient (Wildman–Crippen LogP) is 3.82. The maximum Gasteiger partial charge on any atom is 0.0825 e. The van der Waals surface area contributed by atoms with Crippen molar-refractivity contribution in [3.8, 4) is 0 Å². The van der Waals surface area contributed by atoms with E-state index in [9.17, 15) is 0 Å². The summed E-state index contributed by atoms with van der Waals surface area (Å²) < 4.78 is 6.12. The predicted molar refractivity (Wildman–Crippen MR) is 65.8 cm³/mol. The summed E-state index contributed by atoms with van der Waals surface area (Å²) in [7, 11) is -1.28. The molecule has 0 aliphatic carbocycles. The first-order valence-electron chi connectivity index (χ1n) is 5.69. The molecule has 1 heterocycles. The zero-order valence-corrected chi connectivity index (χ0v) is 11.7. The summed E-state index contributed by atoms with van der Waals surface area (Å²) >= 11 is 6.28.